The largest absolute Gasteiger partial charge is 0.444 e. The van der Waals surface area contributed by atoms with Gasteiger partial charge in [0.1, 0.15) is 23.3 Å². The third-order valence-electron chi connectivity index (χ3n) is 7.82. The van der Waals surface area contributed by atoms with Gasteiger partial charge < -0.3 is 19.2 Å². The molecule has 4 heterocycles. The van der Waals surface area contributed by atoms with Gasteiger partial charge in [-0.2, -0.15) is 18.3 Å². The van der Waals surface area contributed by atoms with Gasteiger partial charge in [0, 0.05) is 31.4 Å². The number of rotatable bonds is 7. The molecule has 1 N–H and O–H groups in total. The number of pyridine rings is 1. The molecule has 3 amide bonds. The number of amides is 3. The van der Waals surface area contributed by atoms with Gasteiger partial charge in [0.15, 0.2) is 11.4 Å². The number of aromatic nitrogens is 4. The van der Waals surface area contributed by atoms with Crippen LogP contribution in [0.15, 0.2) is 53.4 Å². The van der Waals surface area contributed by atoms with Crippen LogP contribution in [0.4, 0.5) is 34.3 Å². The van der Waals surface area contributed by atoms with Gasteiger partial charge in [0.25, 0.3) is 5.91 Å². The Balaban J connectivity index is 1.20. The highest BCUT2D eigenvalue weighted by Gasteiger charge is 2.39. The number of halogens is 3. The van der Waals surface area contributed by atoms with E-state index in [4.69, 9.17) is 13.9 Å². The number of fused-ring (bicyclic) bond motifs is 1. The lowest BCUT2D eigenvalue weighted by Crippen LogP contribution is -2.38. The zero-order chi connectivity index (χ0) is 36.9. The van der Waals surface area contributed by atoms with E-state index >= 15 is 0 Å². The second kappa shape index (κ2) is 13.0. The smallest absolute Gasteiger partial charge is 0.437 e. The van der Waals surface area contributed by atoms with E-state index in [1.54, 1.807) is 71.9 Å². The molecule has 0 radical (unpaired) electrons. The van der Waals surface area contributed by atoms with Crippen LogP contribution in [0.1, 0.15) is 81.7 Å². The fourth-order valence-corrected chi connectivity index (χ4v) is 5.32. The molecule has 270 valence electrons. The molecule has 16 heteroatoms. The molecular weight excluding hydrogens is 671 g/mol. The van der Waals surface area contributed by atoms with Crippen molar-refractivity contribution < 1.29 is 41.4 Å². The zero-order valence-electron chi connectivity index (χ0n) is 29.0. The number of hydrogen-bond acceptors (Lipinski definition) is 9. The van der Waals surface area contributed by atoms with Crippen LogP contribution in [0, 0.1) is 5.92 Å². The number of oxazole rings is 1. The normalized spacial score (nSPS) is 14.6. The van der Waals surface area contributed by atoms with Crippen LogP contribution in [0.25, 0.3) is 17.1 Å². The molecule has 0 bridgehead atoms. The molecule has 3 aromatic heterocycles. The Morgan fingerprint density at radius 2 is 1.69 bits per heavy atom. The molecule has 4 aromatic rings. The molecule has 0 unspecified atom stereocenters. The maximum Gasteiger partial charge on any atom is 0.437 e. The molecule has 2 aliphatic rings. The number of ether oxygens (including phenoxy) is 2. The topological polar surface area (TPSA) is 145 Å². The highest BCUT2D eigenvalue weighted by molar-refractivity contribution is 6.03. The maximum absolute atomic E-state index is 14.1. The van der Waals surface area contributed by atoms with Crippen LogP contribution in [-0.2, 0) is 28.7 Å². The summed E-state index contributed by atoms with van der Waals surface area (Å²) in [6.07, 6.45) is -0.463. The average molecular weight is 710 g/mol. The number of alkyl halides is 3. The van der Waals surface area contributed by atoms with E-state index in [1.165, 1.54) is 16.0 Å². The van der Waals surface area contributed by atoms with Gasteiger partial charge in [-0.25, -0.2) is 24.2 Å². The first-order valence-corrected chi connectivity index (χ1v) is 16.3. The molecular formula is C35H38F3N7O6. The summed E-state index contributed by atoms with van der Waals surface area (Å²) in [4.78, 5) is 50.3. The third kappa shape index (κ3) is 8.49. The van der Waals surface area contributed by atoms with Crippen LogP contribution < -0.4 is 10.2 Å². The van der Waals surface area contributed by atoms with Crippen molar-refractivity contribution in [1.82, 2.24) is 24.6 Å². The minimum atomic E-state index is -4.90. The van der Waals surface area contributed by atoms with Crippen molar-refractivity contribution in [3.05, 3.63) is 71.5 Å². The molecule has 1 saturated carbocycles. The van der Waals surface area contributed by atoms with Gasteiger partial charge in [-0.05, 0) is 95.7 Å². The lowest BCUT2D eigenvalue weighted by atomic mass is 10.1. The van der Waals surface area contributed by atoms with Crippen LogP contribution in [0.2, 0.25) is 0 Å². The van der Waals surface area contributed by atoms with Gasteiger partial charge in [0.05, 0.1) is 17.6 Å². The number of nitrogens with zero attached hydrogens (tertiary/aromatic N) is 6. The van der Waals surface area contributed by atoms with Crippen LogP contribution in [-0.4, -0.2) is 60.5 Å². The second-order valence-electron chi connectivity index (χ2n) is 14.6. The number of hydrogen-bond donors (Lipinski definition) is 1. The predicted molar refractivity (Wildman–Crippen MR) is 178 cm³/mol. The summed E-state index contributed by atoms with van der Waals surface area (Å²) in [6, 6.07) is 8.06. The van der Waals surface area contributed by atoms with Crippen molar-refractivity contribution >= 4 is 29.6 Å². The Bertz CT molecular complexity index is 1970. The summed E-state index contributed by atoms with van der Waals surface area (Å²) in [5.41, 5.74) is -1.37. The van der Waals surface area contributed by atoms with Crippen molar-refractivity contribution in [3.63, 3.8) is 0 Å². The summed E-state index contributed by atoms with van der Waals surface area (Å²) in [5.74, 6) is -0.354. The number of anilines is 2. The summed E-state index contributed by atoms with van der Waals surface area (Å²) in [7, 11) is 0. The fourth-order valence-electron chi connectivity index (χ4n) is 5.32. The summed E-state index contributed by atoms with van der Waals surface area (Å²) in [6.45, 7) is 11.5. The van der Waals surface area contributed by atoms with E-state index < -0.39 is 46.9 Å². The highest BCUT2D eigenvalue weighted by atomic mass is 19.4. The minimum Gasteiger partial charge on any atom is -0.444 e. The maximum atomic E-state index is 14.1. The predicted octanol–water partition coefficient (Wildman–Crippen LogP) is 7.60. The Morgan fingerprint density at radius 3 is 2.35 bits per heavy atom. The van der Waals surface area contributed by atoms with Gasteiger partial charge in [-0.15, -0.1) is 0 Å². The Labute approximate surface area is 291 Å². The molecule has 1 fully saturated rings. The highest BCUT2D eigenvalue weighted by Crippen LogP contribution is 2.36. The van der Waals surface area contributed by atoms with Crippen molar-refractivity contribution in [2.75, 3.05) is 16.8 Å². The van der Waals surface area contributed by atoms with E-state index in [1.807, 2.05) is 0 Å². The van der Waals surface area contributed by atoms with Crippen molar-refractivity contribution in [3.8, 4) is 17.1 Å². The molecule has 6 rings (SSSR count). The van der Waals surface area contributed by atoms with E-state index in [-0.39, 0.29) is 18.1 Å². The van der Waals surface area contributed by atoms with Crippen molar-refractivity contribution in [2.24, 2.45) is 5.92 Å². The lowest BCUT2D eigenvalue weighted by molar-refractivity contribution is -0.140. The number of carbonyl (C=O) groups is 3. The lowest BCUT2D eigenvalue weighted by Gasteiger charge is -2.27. The first-order chi connectivity index (χ1) is 23.8. The Kier molecular flexibility index (Phi) is 9.06. The van der Waals surface area contributed by atoms with Gasteiger partial charge in [-0.1, -0.05) is 6.07 Å². The molecule has 1 aliphatic heterocycles. The Hall–Kier alpha value is -5.41. The van der Waals surface area contributed by atoms with Crippen LogP contribution in [0.3, 0.4) is 0 Å². The monoisotopic (exact) mass is 709 g/mol. The molecule has 0 spiro atoms. The zero-order valence-corrected chi connectivity index (χ0v) is 29.0. The van der Waals surface area contributed by atoms with Gasteiger partial charge in [-0.3, -0.25) is 14.6 Å². The third-order valence-corrected chi connectivity index (χ3v) is 7.82. The number of nitrogens with one attached hydrogen (secondary N) is 1. The van der Waals surface area contributed by atoms with E-state index in [0.29, 0.717) is 36.1 Å². The van der Waals surface area contributed by atoms with Crippen LogP contribution >= 0.6 is 0 Å². The SMILES string of the molecule is CC(C)(C)OC(=O)N1Cc2ccc(-n3cc(NC(=O)c4coc(-c5ccnc(N(CC6CC6)C(=O)OC(C)(C)C)c5)n4)c(C(F)(F)F)n3)cc2C1. The molecule has 1 aromatic carbocycles. The second-order valence-corrected chi connectivity index (χ2v) is 14.6. The molecule has 1 aliphatic carbocycles. The summed E-state index contributed by atoms with van der Waals surface area (Å²) < 4.78 is 59.9. The van der Waals surface area contributed by atoms with Gasteiger partial charge >= 0.3 is 18.4 Å². The van der Waals surface area contributed by atoms with E-state index in [9.17, 15) is 27.6 Å². The first-order valence-electron chi connectivity index (χ1n) is 16.3. The van der Waals surface area contributed by atoms with E-state index in [2.05, 4.69) is 20.4 Å². The average Bonchev–Trinajstić information content (AvgIpc) is 3.38. The van der Waals surface area contributed by atoms with Gasteiger partial charge in [0.2, 0.25) is 5.89 Å². The number of carbonyl (C=O) groups excluding carboxylic acids is 3. The fraction of sp³-hybridized carbons (Fsp3) is 0.429. The number of benzene rings is 1. The quantitative estimate of drug-likeness (QED) is 0.205. The minimum absolute atomic E-state index is 0.00957. The molecule has 0 atom stereocenters. The van der Waals surface area contributed by atoms with Crippen LogP contribution in [0.5, 0.6) is 0 Å². The van der Waals surface area contributed by atoms with Crippen molar-refractivity contribution in [1.29, 1.82) is 0 Å². The first kappa shape index (κ1) is 35.4. The Morgan fingerprint density at radius 1 is 0.980 bits per heavy atom. The molecule has 0 saturated heterocycles. The molecule has 13 nitrogen and oxygen atoms in total. The summed E-state index contributed by atoms with van der Waals surface area (Å²) >= 11 is 0. The summed E-state index contributed by atoms with van der Waals surface area (Å²) in [5, 5.41) is 6.01. The molecule has 51 heavy (non-hydrogen) atoms. The van der Waals surface area contributed by atoms with E-state index in [0.717, 1.165) is 41.1 Å². The van der Waals surface area contributed by atoms with Crippen molar-refractivity contribution in [2.45, 2.75) is 84.9 Å². The standard InChI is InChI=1S/C35H38F3N7O6/c1-33(2,3)50-31(47)43-16-22-9-10-24(13-23(22)17-43)45-18-25(28(42-45)35(36,37)38)40-29(46)26-19-49-30(41-26)21-11-12-39-27(14-21)44(15-20-7-8-20)32(48)51-34(4,5)6/h9-14,18-20H,7-8,15-17H2,1-6H3,(H,40,46).